The van der Waals surface area contributed by atoms with Gasteiger partial charge in [0.15, 0.2) is 5.78 Å². The molecule has 174 valence electrons. The Morgan fingerprint density at radius 3 is 2.46 bits per heavy atom. The monoisotopic (exact) mass is 463 g/mol. The number of Topliss-reactive ketones (excluding diaryl/α,β-unsaturated/α-hetero) is 1. The first kappa shape index (κ1) is 20.6. The SMILES string of the molecule is Cc1cccc2c1NC(=O)[C@@]21[C@H](C(=O)c2ccccc2)[C@]2(C(=O)Nc3ccccc32)[C@H]2CCCN21. The topological polar surface area (TPSA) is 78.5 Å². The molecular weight excluding hydrogens is 438 g/mol. The Bertz CT molecular complexity index is 1430. The summed E-state index contributed by atoms with van der Waals surface area (Å²) in [6.07, 6.45) is 1.61. The van der Waals surface area contributed by atoms with E-state index in [2.05, 4.69) is 15.5 Å². The van der Waals surface area contributed by atoms with Gasteiger partial charge in [-0.05, 0) is 43.5 Å². The molecule has 2 amide bonds. The number of hydrogen-bond donors (Lipinski definition) is 2. The normalized spacial score (nSPS) is 30.3. The Morgan fingerprint density at radius 1 is 0.886 bits per heavy atom. The van der Waals surface area contributed by atoms with Gasteiger partial charge in [0.25, 0.3) is 0 Å². The van der Waals surface area contributed by atoms with E-state index in [0.717, 1.165) is 40.9 Å². The van der Waals surface area contributed by atoms with Gasteiger partial charge < -0.3 is 10.6 Å². The van der Waals surface area contributed by atoms with E-state index in [1.54, 1.807) is 12.1 Å². The number of anilines is 2. The average molecular weight is 464 g/mol. The summed E-state index contributed by atoms with van der Waals surface area (Å²) in [5, 5.41) is 6.21. The number of para-hydroxylation sites is 2. The van der Waals surface area contributed by atoms with Crippen LogP contribution in [0.25, 0.3) is 0 Å². The molecule has 0 aromatic heterocycles. The fraction of sp³-hybridized carbons (Fsp3) is 0.276. The molecule has 6 nitrogen and oxygen atoms in total. The summed E-state index contributed by atoms with van der Waals surface area (Å²) in [4.78, 5) is 45.2. The minimum atomic E-state index is -1.26. The predicted octanol–water partition coefficient (Wildman–Crippen LogP) is 4.01. The lowest BCUT2D eigenvalue weighted by atomic mass is 9.60. The second-order valence-electron chi connectivity index (χ2n) is 10.1. The van der Waals surface area contributed by atoms with Crippen LogP contribution in [-0.2, 0) is 20.5 Å². The van der Waals surface area contributed by atoms with E-state index >= 15 is 0 Å². The van der Waals surface area contributed by atoms with Gasteiger partial charge >= 0.3 is 0 Å². The van der Waals surface area contributed by atoms with E-state index in [-0.39, 0.29) is 23.6 Å². The molecule has 0 aliphatic carbocycles. The van der Waals surface area contributed by atoms with Crippen LogP contribution in [0, 0.1) is 12.8 Å². The van der Waals surface area contributed by atoms with Crippen LogP contribution in [0.2, 0.25) is 0 Å². The van der Waals surface area contributed by atoms with Gasteiger partial charge in [0.1, 0.15) is 11.0 Å². The van der Waals surface area contributed by atoms with Crippen LogP contribution >= 0.6 is 0 Å². The van der Waals surface area contributed by atoms with Crippen molar-refractivity contribution in [2.45, 2.75) is 36.8 Å². The molecule has 2 saturated heterocycles. The van der Waals surface area contributed by atoms with Gasteiger partial charge in [-0.3, -0.25) is 19.3 Å². The van der Waals surface area contributed by atoms with E-state index in [1.165, 1.54) is 0 Å². The lowest BCUT2D eigenvalue weighted by Crippen LogP contribution is -2.55. The van der Waals surface area contributed by atoms with Crippen LogP contribution in [0.1, 0.15) is 39.9 Å². The highest BCUT2D eigenvalue weighted by Crippen LogP contribution is 2.66. The Kier molecular flexibility index (Phi) is 4.05. The number of carbonyl (C=O) groups is 3. The molecule has 0 saturated carbocycles. The van der Waals surface area contributed by atoms with Crippen molar-refractivity contribution in [2.24, 2.45) is 5.92 Å². The Balaban J connectivity index is 1.60. The number of fused-ring (bicyclic) bond motifs is 7. The summed E-state index contributed by atoms with van der Waals surface area (Å²) >= 11 is 0. The molecular formula is C29H25N3O3. The van der Waals surface area contributed by atoms with Crippen molar-refractivity contribution in [3.63, 3.8) is 0 Å². The molecule has 35 heavy (non-hydrogen) atoms. The second kappa shape index (κ2) is 6.89. The van der Waals surface area contributed by atoms with Gasteiger partial charge in [-0.25, -0.2) is 0 Å². The number of aryl methyl sites for hydroxylation is 1. The number of nitrogens with one attached hydrogen (secondary N) is 2. The maximum atomic E-state index is 14.6. The highest BCUT2D eigenvalue weighted by atomic mass is 16.2. The van der Waals surface area contributed by atoms with Crippen LogP contribution < -0.4 is 10.6 Å². The number of amides is 2. The molecule has 4 atom stereocenters. The zero-order valence-corrected chi connectivity index (χ0v) is 19.4. The molecule has 2 N–H and O–H groups in total. The van der Waals surface area contributed by atoms with Crippen molar-refractivity contribution in [1.29, 1.82) is 0 Å². The van der Waals surface area contributed by atoms with Gasteiger partial charge in [-0.1, -0.05) is 66.7 Å². The number of benzene rings is 3. The van der Waals surface area contributed by atoms with Crippen molar-refractivity contribution < 1.29 is 14.4 Å². The van der Waals surface area contributed by atoms with Gasteiger partial charge in [0.2, 0.25) is 11.8 Å². The molecule has 3 aromatic rings. The van der Waals surface area contributed by atoms with Gasteiger partial charge in [-0.15, -0.1) is 0 Å². The summed E-state index contributed by atoms with van der Waals surface area (Å²) in [7, 11) is 0. The van der Waals surface area contributed by atoms with Crippen LogP contribution in [0.4, 0.5) is 11.4 Å². The van der Waals surface area contributed by atoms with Crippen LogP contribution in [0.3, 0.4) is 0 Å². The van der Waals surface area contributed by atoms with Crippen molar-refractivity contribution in [2.75, 3.05) is 17.2 Å². The summed E-state index contributed by atoms with van der Waals surface area (Å²) in [6, 6.07) is 22.4. The van der Waals surface area contributed by atoms with Crippen LogP contribution in [0.15, 0.2) is 72.8 Å². The summed E-state index contributed by atoms with van der Waals surface area (Å²) in [6.45, 7) is 2.62. The minimum Gasteiger partial charge on any atom is -0.325 e. The first-order valence-electron chi connectivity index (χ1n) is 12.2. The van der Waals surface area contributed by atoms with Crippen LogP contribution in [0.5, 0.6) is 0 Å². The van der Waals surface area contributed by atoms with E-state index in [0.29, 0.717) is 12.1 Å². The largest absolute Gasteiger partial charge is 0.325 e. The van der Waals surface area contributed by atoms with Gasteiger partial charge in [-0.2, -0.15) is 0 Å². The predicted molar refractivity (Wildman–Crippen MR) is 132 cm³/mol. The highest BCUT2D eigenvalue weighted by Gasteiger charge is 2.78. The number of ketones is 1. The fourth-order valence-corrected chi connectivity index (χ4v) is 7.49. The second-order valence-corrected chi connectivity index (χ2v) is 10.1. The molecule has 0 bridgehead atoms. The zero-order valence-electron chi connectivity index (χ0n) is 19.4. The zero-order chi connectivity index (χ0) is 23.9. The lowest BCUT2D eigenvalue weighted by molar-refractivity contribution is -0.128. The highest BCUT2D eigenvalue weighted by molar-refractivity contribution is 6.19. The third kappa shape index (κ3) is 2.26. The maximum Gasteiger partial charge on any atom is 0.250 e. The number of carbonyl (C=O) groups excluding carboxylic acids is 3. The third-order valence-electron chi connectivity index (χ3n) is 8.69. The van der Waals surface area contributed by atoms with E-state index < -0.39 is 16.9 Å². The Labute approximate surface area is 203 Å². The van der Waals surface area contributed by atoms with Crippen molar-refractivity contribution in [1.82, 2.24) is 4.90 Å². The fourth-order valence-electron chi connectivity index (χ4n) is 7.49. The average Bonchev–Trinajstić information content (AvgIpc) is 3.59. The molecule has 4 heterocycles. The molecule has 4 aliphatic heterocycles. The van der Waals surface area contributed by atoms with E-state index in [9.17, 15) is 14.4 Å². The smallest absolute Gasteiger partial charge is 0.250 e. The van der Waals surface area contributed by atoms with Crippen LogP contribution in [-0.4, -0.2) is 35.1 Å². The van der Waals surface area contributed by atoms with Gasteiger partial charge in [0.05, 0.1) is 5.92 Å². The van der Waals surface area contributed by atoms with E-state index in [1.807, 2.05) is 67.6 Å². The summed E-state index contributed by atoms with van der Waals surface area (Å²) in [5.41, 5.74) is 2.16. The maximum absolute atomic E-state index is 14.6. The molecule has 6 heteroatoms. The molecule has 4 aliphatic rings. The third-order valence-corrected chi connectivity index (χ3v) is 8.69. The molecule has 2 spiro atoms. The Hall–Kier alpha value is -3.77. The Morgan fingerprint density at radius 2 is 1.63 bits per heavy atom. The summed E-state index contributed by atoms with van der Waals surface area (Å²) < 4.78 is 0. The van der Waals surface area contributed by atoms with Gasteiger partial charge in [0, 0.05) is 28.5 Å². The minimum absolute atomic E-state index is 0.170. The lowest BCUT2D eigenvalue weighted by Gasteiger charge is -2.38. The molecule has 3 aromatic carbocycles. The standard InChI is InChI=1S/C29H25N3O3/c1-17-9-7-13-20-23(17)31-27(35)29(20)25(24(33)18-10-3-2-4-11-18)28(22-15-8-16-32(22)29)19-12-5-6-14-21(19)30-26(28)34/h2-7,9-14,22,25H,8,15-16H2,1H3,(H,30,34)(H,31,35)/t22-,25-,28-,29+/m1/s1. The molecule has 0 unspecified atom stereocenters. The first-order chi connectivity index (χ1) is 17.0. The molecule has 0 radical (unpaired) electrons. The number of nitrogens with zero attached hydrogens (tertiary/aromatic N) is 1. The number of hydrogen-bond acceptors (Lipinski definition) is 4. The first-order valence-corrected chi connectivity index (χ1v) is 12.2. The van der Waals surface area contributed by atoms with Crippen molar-refractivity contribution in [3.05, 3.63) is 95.1 Å². The summed E-state index contributed by atoms with van der Waals surface area (Å²) in [5.74, 6) is -1.47. The quantitative estimate of drug-likeness (QED) is 0.563. The number of rotatable bonds is 2. The molecule has 7 rings (SSSR count). The van der Waals surface area contributed by atoms with Crippen molar-refractivity contribution >= 4 is 29.0 Å². The molecule has 2 fully saturated rings. The van der Waals surface area contributed by atoms with E-state index in [4.69, 9.17) is 0 Å². The van der Waals surface area contributed by atoms with Crippen molar-refractivity contribution in [3.8, 4) is 0 Å².